The van der Waals surface area contributed by atoms with Gasteiger partial charge in [-0.25, -0.2) is 0 Å². The predicted molar refractivity (Wildman–Crippen MR) is 76.9 cm³/mol. The van der Waals surface area contributed by atoms with Crippen LogP contribution in [-0.2, 0) is 11.0 Å². The van der Waals surface area contributed by atoms with Gasteiger partial charge in [-0.3, -0.25) is 9.59 Å². The number of nitrogens with one attached hydrogen (secondary N) is 1. The molecule has 1 aliphatic carbocycles. The van der Waals surface area contributed by atoms with Crippen molar-refractivity contribution in [2.24, 2.45) is 5.92 Å². The quantitative estimate of drug-likeness (QED) is 0.892. The summed E-state index contributed by atoms with van der Waals surface area (Å²) in [5.41, 5.74) is -2.00. The molecule has 126 valence electrons. The standard InChI is InChI=1S/C16H18F3NO3/c1-15(8-3-2-7-12(15)14(22)23)20-13(21)10-5-4-6-11(9-10)16(17,18)19/h4-6,9,12H,2-3,7-8H2,1H3,(H,20,21)(H,22,23). The topological polar surface area (TPSA) is 66.4 Å². The predicted octanol–water partition coefficient (Wildman–Crippen LogP) is 3.47. The molecule has 1 aromatic carbocycles. The van der Waals surface area contributed by atoms with Gasteiger partial charge in [0.2, 0.25) is 0 Å². The largest absolute Gasteiger partial charge is 0.481 e. The molecule has 0 heterocycles. The monoisotopic (exact) mass is 329 g/mol. The highest BCUT2D eigenvalue weighted by Crippen LogP contribution is 2.34. The normalized spacial score (nSPS) is 25.0. The van der Waals surface area contributed by atoms with E-state index in [1.807, 2.05) is 0 Å². The molecule has 4 nitrogen and oxygen atoms in total. The highest BCUT2D eigenvalue weighted by atomic mass is 19.4. The minimum Gasteiger partial charge on any atom is -0.481 e. The number of aliphatic carboxylic acids is 1. The summed E-state index contributed by atoms with van der Waals surface area (Å²) in [6.45, 7) is 1.64. The zero-order valence-electron chi connectivity index (χ0n) is 12.6. The Kier molecular flexibility index (Phi) is 4.68. The summed E-state index contributed by atoms with van der Waals surface area (Å²) < 4.78 is 38.2. The summed E-state index contributed by atoms with van der Waals surface area (Å²) in [5, 5.41) is 11.9. The number of carbonyl (C=O) groups excluding carboxylic acids is 1. The Hall–Kier alpha value is -2.05. The second kappa shape index (κ2) is 6.22. The first kappa shape index (κ1) is 17.3. The number of halogens is 3. The van der Waals surface area contributed by atoms with Crippen LogP contribution in [0, 0.1) is 5.92 Å². The van der Waals surface area contributed by atoms with Crippen molar-refractivity contribution in [1.29, 1.82) is 0 Å². The van der Waals surface area contributed by atoms with Gasteiger partial charge in [-0.2, -0.15) is 13.2 Å². The summed E-state index contributed by atoms with van der Waals surface area (Å²) in [4.78, 5) is 23.7. The van der Waals surface area contributed by atoms with Crippen molar-refractivity contribution in [1.82, 2.24) is 5.32 Å². The molecule has 0 aliphatic heterocycles. The van der Waals surface area contributed by atoms with Crippen molar-refractivity contribution in [2.75, 3.05) is 0 Å². The fraction of sp³-hybridized carbons (Fsp3) is 0.500. The lowest BCUT2D eigenvalue weighted by Crippen LogP contribution is -2.55. The molecule has 2 atom stereocenters. The Bertz CT molecular complexity index is 615. The van der Waals surface area contributed by atoms with Gasteiger partial charge >= 0.3 is 12.1 Å². The summed E-state index contributed by atoms with van der Waals surface area (Å²) in [6, 6.07) is 4.11. The van der Waals surface area contributed by atoms with Crippen LogP contribution in [0.1, 0.15) is 48.5 Å². The number of carboxylic acid groups (broad SMARTS) is 1. The van der Waals surface area contributed by atoms with Crippen molar-refractivity contribution >= 4 is 11.9 Å². The molecule has 0 bridgehead atoms. The van der Waals surface area contributed by atoms with E-state index in [1.54, 1.807) is 6.92 Å². The van der Waals surface area contributed by atoms with Crippen molar-refractivity contribution in [2.45, 2.75) is 44.3 Å². The molecule has 0 spiro atoms. The Morgan fingerprint density at radius 1 is 1.30 bits per heavy atom. The average molecular weight is 329 g/mol. The third-order valence-electron chi connectivity index (χ3n) is 4.36. The molecule has 7 heteroatoms. The third-order valence-corrected chi connectivity index (χ3v) is 4.36. The first-order valence-electron chi connectivity index (χ1n) is 7.36. The van der Waals surface area contributed by atoms with Gasteiger partial charge in [-0.1, -0.05) is 18.9 Å². The molecule has 2 N–H and O–H groups in total. The van der Waals surface area contributed by atoms with Gasteiger partial charge < -0.3 is 10.4 Å². The molecule has 2 rings (SSSR count). The number of alkyl halides is 3. The molecule has 1 aliphatic rings. The highest BCUT2D eigenvalue weighted by Gasteiger charge is 2.42. The molecule has 1 aromatic rings. The van der Waals surface area contributed by atoms with Crippen molar-refractivity contribution in [3.05, 3.63) is 35.4 Å². The molecule has 0 saturated heterocycles. The van der Waals surface area contributed by atoms with Crippen LogP contribution >= 0.6 is 0 Å². The lowest BCUT2D eigenvalue weighted by Gasteiger charge is -2.39. The fourth-order valence-corrected chi connectivity index (χ4v) is 3.05. The second-order valence-electron chi connectivity index (χ2n) is 6.09. The van der Waals surface area contributed by atoms with Crippen LogP contribution in [0.4, 0.5) is 13.2 Å². The number of amides is 1. The maximum Gasteiger partial charge on any atom is 0.416 e. The van der Waals surface area contributed by atoms with Crippen LogP contribution in [0.25, 0.3) is 0 Å². The lowest BCUT2D eigenvalue weighted by atomic mass is 9.73. The molecular formula is C16H18F3NO3. The Morgan fingerprint density at radius 2 is 2.00 bits per heavy atom. The Balaban J connectivity index is 2.22. The first-order valence-corrected chi connectivity index (χ1v) is 7.36. The third kappa shape index (κ3) is 3.83. The molecular weight excluding hydrogens is 311 g/mol. The number of carboxylic acids is 1. The van der Waals surface area contributed by atoms with Crippen LogP contribution in [0.15, 0.2) is 24.3 Å². The van der Waals surface area contributed by atoms with E-state index in [0.717, 1.165) is 31.0 Å². The van der Waals surface area contributed by atoms with E-state index in [9.17, 15) is 27.9 Å². The maximum atomic E-state index is 12.7. The zero-order valence-corrected chi connectivity index (χ0v) is 12.6. The molecule has 1 saturated carbocycles. The van der Waals surface area contributed by atoms with Gasteiger partial charge in [0.05, 0.1) is 17.0 Å². The van der Waals surface area contributed by atoms with Crippen LogP contribution in [-0.4, -0.2) is 22.5 Å². The summed E-state index contributed by atoms with van der Waals surface area (Å²) >= 11 is 0. The molecule has 1 amide bonds. The van der Waals surface area contributed by atoms with E-state index in [4.69, 9.17) is 0 Å². The molecule has 1 fully saturated rings. The van der Waals surface area contributed by atoms with Crippen LogP contribution < -0.4 is 5.32 Å². The van der Waals surface area contributed by atoms with Gasteiger partial charge in [0.15, 0.2) is 0 Å². The molecule has 0 aromatic heterocycles. The van der Waals surface area contributed by atoms with Gasteiger partial charge in [-0.05, 0) is 38.0 Å². The summed E-state index contributed by atoms with van der Waals surface area (Å²) in [7, 11) is 0. The molecule has 0 radical (unpaired) electrons. The Labute approximate surface area is 131 Å². The smallest absolute Gasteiger partial charge is 0.416 e. The number of hydrogen-bond donors (Lipinski definition) is 2. The van der Waals surface area contributed by atoms with Crippen LogP contribution in [0.3, 0.4) is 0 Å². The van der Waals surface area contributed by atoms with E-state index in [1.165, 1.54) is 6.07 Å². The molecule has 2 unspecified atom stereocenters. The summed E-state index contributed by atoms with van der Waals surface area (Å²) in [5.74, 6) is -2.44. The minimum absolute atomic E-state index is 0.129. The minimum atomic E-state index is -4.53. The highest BCUT2D eigenvalue weighted by molar-refractivity contribution is 5.95. The maximum absolute atomic E-state index is 12.7. The number of rotatable bonds is 3. The molecule has 23 heavy (non-hydrogen) atoms. The van der Waals surface area contributed by atoms with Crippen LogP contribution in [0.5, 0.6) is 0 Å². The van der Waals surface area contributed by atoms with Gasteiger partial charge in [0.1, 0.15) is 0 Å². The van der Waals surface area contributed by atoms with Gasteiger partial charge in [-0.15, -0.1) is 0 Å². The first-order chi connectivity index (χ1) is 10.6. The number of carbonyl (C=O) groups is 2. The van der Waals surface area contributed by atoms with Gasteiger partial charge in [0, 0.05) is 5.56 Å². The number of benzene rings is 1. The summed E-state index contributed by atoms with van der Waals surface area (Å²) in [6.07, 6.45) is -2.09. The van der Waals surface area contributed by atoms with Crippen molar-refractivity contribution < 1.29 is 27.9 Å². The van der Waals surface area contributed by atoms with E-state index in [-0.39, 0.29) is 5.56 Å². The number of hydrogen-bond acceptors (Lipinski definition) is 2. The van der Waals surface area contributed by atoms with Crippen LogP contribution in [0.2, 0.25) is 0 Å². The Morgan fingerprint density at radius 3 is 2.61 bits per heavy atom. The van der Waals surface area contributed by atoms with Crippen molar-refractivity contribution in [3.8, 4) is 0 Å². The van der Waals surface area contributed by atoms with Crippen molar-refractivity contribution in [3.63, 3.8) is 0 Å². The second-order valence-corrected chi connectivity index (χ2v) is 6.09. The van der Waals surface area contributed by atoms with E-state index in [2.05, 4.69) is 5.32 Å². The zero-order chi connectivity index (χ0) is 17.3. The lowest BCUT2D eigenvalue weighted by molar-refractivity contribution is -0.145. The van der Waals surface area contributed by atoms with Gasteiger partial charge in [0.25, 0.3) is 5.91 Å². The SMILES string of the molecule is CC1(NC(=O)c2cccc(C(F)(F)F)c2)CCCCC1C(=O)O. The fourth-order valence-electron chi connectivity index (χ4n) is 3.05. The van der Waals surface area contributed by atoms with E-state index >= 15 is 0 Å². The van der Waals surface area contributed by atoms with E-state index in [0.29, 0.717) is 12.8 Å². The van der Waals surface area contributed by atoms with E-state index < -0.39 is 35.1 Å². The average Bonchev–Trinajstić information content (AvgIpc) is 2.46.